The molecule has 0 spiro atoms. The fraction of sp³-hybridized carbons (Fsp3) is 0.148. The average molecular weight is 878 g/mol. The predicted molar refractivity (Wildman–Crippen MR) is 273 cm³/mol. The number of imidazole rings is 1. The molecule has 0 bridgehead atoms. The van der Waals surface area contributed by atoms with Crippen LogP contribution >= 0.6 is 0 Å². The zero-order chi connectivity index (χ0) is 50.4. The number of pyridine rings is 1. The molecule has 0 saturated carbocycles. The number of rotatable bonds is 8. The van der Waals surface area contributed by atoms with E-state index >= 15 is 0 Å². The fourth-order valence-corrected chi connectivity index (χ4v) is 9.20. The van der Waals surface area contributed by atoms with E-state index in [0.29, 0.717) is 28.6 Å². The number of fused-ring (bicyclic) bond motifs is 4. The molecule has 0 aliphatic heterocycles. The van der Waals surface area contributed by atoms with Crippen LogP contribution in [0.25, 0.3) is 89.2 Å². The molecule has 0 radical (unpaired) electrons. The lowest BCUT2D eigenvalue weighted by Crippen LogP contribution is -2.50. The van der Waals surface area contributed by atoms with Crippen LogP contribution in [-0.4, -0.2) is 14.0 Å². The molecule has 6 nitrogen and oxygen atoms in total. The Morgan fingerprint density at radius 2 is 1.30 bits per heavy atom. The molecule has 4 heterocycles. The van der Waals surface area contributed by atoms with Gasteiger partial charge < -0.3 is 13.7 Å². The topological polar surface area (TPSA) is 48.5 Å². The van der Waals surface area contributed by atoms with Crippen molar-refractivity contribution in [2.75, 3.05) is 0 Å². The van der Waals surface area contributed by atoms with Crippen LogP contribution < -0.4 is 9.30 Å². The first-order valence-electron chi connectivity index (χ1n) is 25.1. The lowest BCUT2D eigenvalue weighted by molar-refractivity contribution is -0.747. The van der Waals surface area contributed by atoms with Gasteiger partial charge in [-0.2, -0.15) is 0 Å². The molecule has 0 aliphatic rings. The summed E-state index contributed by atoms with van der Waals surface area (Å²) in [5.41, 5.74) is 12.6. The highest BCUT2D eigenvalue weighted by atomic mass is 16.5. The van der Waals surface area contributed by atoms with E-state index in [1.165, 1.54) is 5.56 Å². The van der Waals surface area contributed by atoms with Crippen molar-refractivity contribution in [3.05, 3.63) is 206 Å². The Labute approximate surface area is 399 Å². The van der Waals surface area contributed by atoms with Gasteiger partial charge in [-0.25, -0.2) is 4.98 Å². The highest BCUT2D eigenvalue weighted by Gasteiger charge is 2.29. The average Bonchev–Trinajstić information content (AvgIpc) is 4.06. The predicted octanol–water partition coefficient (Wildman–Crippen LogP) is 15.6. The Balaban J connectivity index is 1.02. The summed E-state index contributed by atoms with van der Waals surface area (Å²) in [6.45, 7) is 15.0. The number of hydrogen-bond acceptors (Lipinski definition) is 3. The monoisotopic (exact) mass is 877 g/mol. The lowest BCUT2D eigenvalue weighted by Gasteiger charge is -2.24. The summed E-state index contributed by atoms with van der Waals surface area (Å²) in [4.78, 5) is 4.93. The molecule has 0 amide bonds. The summed E-state index contributed by atoms with van der Waals surface area (Å²) in [5.74, 6) is 1.87. The van der Waals surface area contributed by atoms with Crippen molar-refractivity contribution in [2.24, 2.45) is 0 Å². The lowest BCUT2D eigenvalue weighted by atomic mass is 9.86. The Hall–Kier alpha value is -7.96. The normalized spacial score (nSPS) is 13.1. The zero-order valence-electron chi connectivity index (χ0n) is 43.6. The molecule has 67 heavy (non-hydrogen) atoms. The maximum atomic E-state index is 8.66. The van der Waals surface area contributed by atoms with E-state index in [-0.39, 0.29) is 40.7 Å². The van der Waals surface area contributed by atoms with Gasteiger partial charge in [0.2, 0.25) is 12.0 Å². The van der Waals surface area contributed by atoms with Gasteiger partial charge in [0.05, 0.1) is 35.4 Å². The molecule has 7 aromatic carbocycles. The van der Waals surface area contributed by atoms with E-state index in [1.807, 2.05) is 59.9 Å². The van der Waals surface area contributed by atoms with Gasteiger partial charge in [0.25, 0.3) is 0 Å². The van der Waals surface area contributed by atoms with Crippen molar-refractivity contribution in [3.8, 4) is 73.2 Å². The van der Waals surface area contributed by atoms with Crippen LogP contribution in [0.3, 0.4) is 0 Å². The quantitative estimate of drug-likeness (QED) is 0.113. The van der Waals surface area contributed by atoms with E-state index in [0.717, 1.165) is 72.1 Å². The van der Waals surface area contributed by atoms with Crippen LogP contribution in [0, 0.1) is 13.3 Å². The summed E-state index contributed by atoms with van der Waals surface area (Å²) < 4.78 is 61.8. The molecule has 11 aromatic rings. The molecule has 0 fully saturated rings. The largest absolute Gasteiger partial charge is 0.484 e. The summed E-state index contributed by atoms with van der Waals surface area (Å²) in [5, 5.41) is 2.07. The smallest absolute Gasteiger partial charge is 0.247 e. The number of hydrogen-bond donors (Lipinski definition) is 0. The molecule has 0 N–H and O–H groups in total. The first-order chi connectivity index (χ1) is 34.5. The molecular weight excluding hydrogens is 821 g/mol. The van der Waals surface area contributed by atoms with E-state index in [9.17, 15) is 0 Å². The van der Waals surface area contributed by atoms with Crippen LogP contribution in [0.5, 0.6) is 11.5 Å². The van der Waals surface area contributed by atoms with E-state index in [1.54, 1.807) is 12.5 Å². The highest BCUT2D eigenvalue weighted by molar-refractivity contribution is 6.10. The summed E-state index contributed by atoms with van der Waals surface area (Å²) in [7, 11) is 0. The van der Waals surface area contributed by atoms with Crippen LogP contribution in [-0.2, 0) is 11.0 Å². The third-order valence-corrected chi connectivity index (χ3v) is 12.6. The Morgan fingerprint density at radius 3 is 1.97 bits per heavy atom. The third-order valence-electron chi connectivity index (χ3n) is 12.6. The SMILES string of the molecule is [2H]c1c([2H])c([2H])c(-c2cnc(-n3c4ccc(C(C)(C)C)cc4c4ccc(Oc5cccc(-c6coc7c(-c8c(-c9ccccc9)cccc8-c8ccccc8)[n+](C(C)(C)C)[c-]n67)c5)cc43)cc2C)c([2H])c1[2H]. The highest BCUT2D eigenvalue weighted by Crippen LogP contribution is 2.43. The minimum atomic E-state index is -0.430. The maximum absolute atomic E-state index is 8.66. The van der Waals surface area contributed by atoms with Crippen molar-refractivity contribution >= 4 is 27.5 Å². The fourth-order valence-electron chi connectivity index (χ4n) is 9.20. The Bertz CT molecular complexity index is 3850. The van der Waals surface area contributed by atoms with E-state index in [4.69, 9.17) is 21.0 Å². The van der Waals surface area contributed by atoms with Gasteiger partial charge in [-0.3, -0.25) is 8.97 Å². The molecule has 0 atom stereocenters. The van der Waals surface area contributed by atoms with Gasteiger partial charge in [0.1, 0.15) is 23.0 Å². The molecule has 4 aromatic heterocycles. The van der Waals surface area contributed by atoms with Crippen LogP contribution in [0.1, 0.15) is 59.5 Å². The minimum Gasteiger partial charge on any atom is -0.484 e. The first kappa shape index (κ1) is 36.3. The second-order valence-electron chi connectivity index (χ2n) is 19.2. The zero-order valence-corrected chi connectivity index (χ0v) is 38.6. The number of oxazole rings is 1. The molecule has 6 heteroatoms. The van der Waals surface area contributed by atoms with Crippen LogP contribution in [0.15, 0.2) is 193 Å². The third kappa shape index (κ3) is 7.49. The second-order valence-corrected chi connectivity index (χ2v) is 19.2. The van der Waals surface area contributed by atoms with Gasteiger partial charge >= 0.3 is 0 Å². The van der Waals surface area contributed by atoms with E-state index in [2.05, 4.69) is 154 Å². The second kappa shape index (κ2) is 16.2. The molecule has 11 rings (SSSR count). The molecule has 328 valence electrons. The van der Waals surface area contributed by atoms with Crippen molar-refractivity contribution in [2.45, 2.75) is 59.4 Å². The van der Waals surface area contributed by atoms with Crippen LogP contribution in [0.2, 0.25) is 0 Å². The van der Waals surface area contributed by atoms with E-state index < -0.39 is 6.04 Å². The summed E-state index contributed by atoms with van der Waals surface area (Å²) >= 11 is 0. The number of benzene rings is 7. The number of ether oxygens (including phenoxy) is 1. The molecular formula is C61H52N4O2. The minimum absolute atomic E-state index is 0.0948. The van der Waals surface area contributed by atoms with Crippen molar-refractivity contribution < 1.29 is 20.6 Å². The number of aryl methyl sites for hydroxylation is 1. The van der Waals surface area contributed by atoms with Gasteiger partial charge in [-0.05, 0) is 126 Å². The number of nitrogens with zero attached hydrogens (tertiary/aromatic N) is 4. The first-order valence-corrected chi connectivity index (χ1v) is 22.6. The van der Waals surface area contributed by atoms with Gasteiger partial charge in [0.15, 0.2) is 0 Å². The van der Waals surface area contributed by atoms with Crippen molar-refractivity contribution in [3.63, 3.8) is 0 Å². The van der Waals surface area contributed by atoms with Gasteiger partial charge in [0, 0.05) is 28.6 Å². The van der Waals surface area contributed by atoms with Crippen LogP contribution in [0.4, 0.5) is 0 Å². The van der Waals surface area contributed by atoms with Crippen molar-refractivity contribution in [1.82, 2.24) is 14.0 Å². The summed E-state index contributed by atoms with van der Waals surface area (Å²) in [6, 6.07) is 48.3. The molecule has 0 aliphatic carbocycles. The standard InChI is InChI=1S/C61H52N4O2/c1-40-33-56(62-37-52(40)43-23-15-10-16-24-43)65-53-32-29-45(60(2,3)4)35-51(53)50-31-30-47(36-54(50)65)67-46-26-17-25-44(34-46)55-38-66-59-58(64(39-63(55)59)61(5,6)7)57-48(41-19-11-8-12-20-41)27-18-28-49(57)42-21-13-9-14-22-42/h8-38H,1-7H3/i10D,15D,16D,23D,24D. The molecule has 0 unspecified atom stereocenters. The molecule has 0 saturated heterocycles. The van der Waals surface area contributed by atoms with Gasteiger partial charge in [-0.1, -0.05) is 148 Å². The Kier molecular flexibility index (Phi) is 8.76. The van der Waals surface area contributed by atoms with Crippen molar-refractivity contribution in [1.29, 1.82) is 0 Å². The maximum Gasteiger partial charge on any atom is 0.247 e. The van der Waals surface area contributed by atoms with Gasteiger partial charge in [-0.15, -0.1) is 0 Å². The Morgan fingerprint density at radius 1 is 0.627 bits per heavy atom. The number of aromatic nitrogens is 4. The summed E-state index contributed by atoms with van der Waals surface area (Å²) in [6.07, 6.45) is 7.12.